The van der Waals surface area contributed by atoms with Crippen LogP contribution in [0.25, 0.3) is 0 Å². The number of nitrogens with one attached hydrogen (secondary N) is 1. The molecule has 0 aromatic heterocycles. The number of carbonyl (C=O) groups is 1. The molecule has 0 spiro atoms. The number of amides is 1. The van der Waals surface area contributed by atoms with Crippen molar-refractivity contribution in [1.82, 2.24) is 5.32 Å². The van der Waals surface area contributed by atoms with Crippen LogP contribution in [0.1, 0.15) is 23.5 Å². The predicted molar refractivity (Wildman–Crippen MR) is 77.1 cm³/mol. The number of hydrogen-bond acceptors (Lipinski definition) is 3. The number of alkyl halides is 3. The van der Waals surface area contributed by atoms with Crippen LogP contribution in [-0.2, 0) is 11.0 Å². The summed E-state index contributed by atoms with van der Waals surface area (Å²) in [5, 5.41) is 2.76. The molecule has 1 aromatic carbocycles. The zero-order valence-corrected chi connectivity index (χ0v) is 12.4. The Bertz CT molecular complexity index is 518. The van der Waals surface area contributed by atoms with Crippen LogP contribution in [0.3, 0.4) is 0 Å². The van der Waals surface area contributed by atoms with E-state index in [4.69, 9.17) is 5.73 Å². The maximum Gasteiger partial charge on any atom is 0.416 e. The number of benzene rings is 1. The fourth-order valence-electron chi connectivity index (χ4n) is 2.28. The second-order valence-electron chi connectivity index (χ2n) is 5.17. The van der Waals surface area contributed by atoms with Gasteiger partial charge in [-0.1, -0.05) is 12.1 Å². The monoisotopic (exact) mass is 318 g/mol. The molecule has 2 rings (SSSR count). The normalized spacial score (nSPS) is 24.7. The minimum atomic E-state index is -4.35. The van der Waals surface area contributed by atoms with Gasteiger partial charge in [-0.05, 0) is 30.4 Å². The Kier molecular flexibility index (Phi) is 4.53. The number of carbonyl (C=O) groups excluding carboxylic acids is 1. The summed E-state index contributed by atoms with van der Waals surface area (Å²) in [6.45, 7) is 0.540. The van der Waals surface area contributed by atoms with Gasteiger partial charge in [0, 0.05) is 18.2 Å². The molecule has 3 N–H and O–H groups in total. The van der Waals surface area contributed by atoms with Gasteiger partial charge in [-0.25, -0.2) is 0 Å². The van der Waals surface area contributed by atoms with Crippen molar-refractivity contribution in [1.29, 1.82) is 0 Å². The maximum atomic E-state index is 12.5. The fourth-order valence-corrected chi connectivity index (χ4v) is 2.59. The average molecular weight is 318 g/mol. The van der Waals surface area contributed by atoms with Crippen molar-refractivity contribution in [3.05, 3.63) is 35.4 Å². The Hall–Kier alpha value is -1.21. The van der Waals surface area contributed by atoms with Crippen LogP contribution in [0.15, 0.2) is 24.3 Å². The van der Waals surface area contributed by atoms with Crippen molar-refractivity contribution >= 4 is 17.7 Å². The highest BCUT2D eigenvalue weighted by Crippen LogP contribution is 2.49. The van der Waals surface area contributed by atoms with Crippen molar-refractivity contribution in [3.8, 4) is 0 Å². The molecule has 1 fully saturated rings. The van der Waals surface area contributed by atoms with Gasteiger partial charge in [0.2, 0.25) is 5.91 Å². The van der Waals surface area contributed by atoms with E-state index in [1.54, 1.807) is 11.8 Å². The number of thioether (sulfide) groups is 1. The fraction of sp³-hybridized carbons (Fsp3) is 0.500. The number of hydrogen-bond donors (Lipinski definition) is 2. The average Bonchev–Trinajstić information content (AvgIpc) is 3.12. The van der Waals surface area contributed by atoms with E-state index in [1.165, 1.54) is 12.1 Å². The Morgan fingerprint density at radius 1 is 1.43 bits per heavy atom. The molecular formula is C14H17F3N2OS. The lowest BCUT2D eigenvalue weighted by molar-refractivity contribution is -0.137. The molecule has 2 unspecified atom stereocenters. The van der Waals surface area contributed by atoms with E-state index < -0.39 is 17.3 Å². The number of nitrogens with two attached hydrogens (primary N) is 1. The summed E-state index contributed by atoms with van der Waals surface area (Å²) >= 11 is 1.61. The van der Waals surface area contributed by atoms with Crippen LogP contribution in [0.4, 0.5) is 13.2 Å². The molecule has 3 nitrogen and oxygen atoms in total. The largest absolute Gasteiger partial charge is 0.416 e. The topological polar surface area (TPSA) is 55.1 Å². The Labute approximate surface area is 125 Å². The molecule has 1 saturated carbocycles. The molecule has 0 heterocycles. The molecule has 2 atom stereocenters. The molecular weight excluding hydrogens is 301 g/mol. The zero-order valence-electron chi connectivity index (χ0n) is 11.5. The van der Waals surface area contributed by atoms with Crippen LogP contribution in [0.5, 0.6) is 0 Å². The third-order valence-electron chi connectivity index (χ3n) is 3.66. The Balaban J connectivity index is 2.00. The third kappa shape index (κ3) is 3.52. The van der Waals surface area contributed by atoms with Gasteiger partial charge in [-0.2, -0.15) is 24.9 Å². The van der Waals surface area contributed by atoms with E-state index in [2.05, 4.69) is 5.32 Å². The minimum Gasteiger partial charge on any atom is -0.354 e. The highest BCUT2D eigenvalue weighted by Gasteiger charge is 2.57. The highest BCUT2D eigenvalue weighted by atomic mass is 32.2. The van der Waals surface area contributed by atoms with Crippen molar-refractivity contribution in [2.45, 2.75) is 24.1 Å². The Morgan fingerprint density at radius 3 is 2.57 bits per heavy atom. The molecule has 1 aromatic rings. The van der Waals surface area contributed by atoms with Gasteiger partial charge >= 0.3 is 6.18 Å². The van der Waals surface area contributed by atoms with Crippen molar-refractivity contribution in [2.24, 2.45) is 5.73 Å². The third-order valence-corrected chi connectivity index (χ3v) is 4.27. The summed E-state index contributed by atoms with van der Waals surface area (Å²) in [7, 11) is 0. The van der Waals surface area contributed by atoms with E-state index in [1.807, 2.05) is 6.26 Å². The van der Waals surface area contributed by atoms with Gasteiger partial charge in [-0.15, -0.1) is 0 Å². The van der Waals surface area contributed by atoms with Crippen LogP contribution in [0, 0.1) is 0 Å². The Morgan fingerprint density at radius 2 is 2.05 bits per heavy atom. The molecule has 1 aliphatic carbocycles. The smallest absolute Gasteiger partial charge is 0.354 e. The van der Waals surface area contributed by atoms with Crippen LogP contribution in [-0.4, -0.2) is 30.0 Å². The van der Waals surface area contributed by atoms with Crippen molar-refractivity contribution < 1.29 is 18.0 Å². The van der Waals surface area contributed by atoms with Gasteiger partial charge in [0.05, 0.1) is 5.56 Å². The van der Waals surface area contributed by atoms with Gasteiger partial charge in [0.25, 0.3) is 0 Å². The lowest BCUT2D eigenvalue weighted by Gasteiger charge is -2.13. The zero-order chi connectivity index (χ0) is 15.7. The predicted octanol–water partition coefficient (Wildman–Crippen LogP) is 2.37. The minimum absolute atomic E-state index is 0.214. The molecule has 0 radical (unpaired) electrons. The van der Waals surface area contributed by atoms with Gasteiger partial charge < -0.3 is 11.1 Å². The van der Waals surface area contributed by atoms with Crippen molar-refractivity contribution in [3.63, 3.8) is 0 Å². The summed E-state index contributed by atoms with van der Waals surface area (Å²) in [6.07, 6.45) is -1.95. The van der Waals surface area contributed by atoms with Gasteiger partial charge in [0.15, 0.2) is 0 Å². The summed E-state index contributed by atoms with van der Waals surface area (Å²) in [5.74, 6) is 0.350. The molecule has 7 heteroatoms. The second kappa shape index (κ2) is 5.88. The lowest BCUT2D eigenvalue weighted by Crippen LogP contribution is -2.44. The quantitative estimate of drug-likeness (QED) is 0.820. The van der Waals surface area contributed by atoms with E-state index in [0.29, 0.717) is 18.5 Å². The first-order valence-corrected chi connectivity index (χ1v) is 7.91. The van der Waals surface area contributed by atoms with E-state index in [9.17, 15) is 18.0 Å². The lowest BCUT2D eigenvalue weighted by atomic mass is 10.0. The molecule has 116 valence electrons. The first-order chi connectivity index (χ1) is 9.79. The maximum absolute atomic E-state index is 12.5. The van der Waals surface area contributed by atoms with Crippen LogP contribution < -0.4 is 11.1 Å². The van der Waals surface area contributed by atoms with Crippen LogP contribution >= 0.6 is 11.8 Å². The first-order valence-electron chi connectivity index (χ1n) is 6.52. The van der Waals surface area contributed by atoms with E-state index in [0.717, 1.165) is 17.9 Å². The first kappa shape index (κ1) is 16.2. The number of halogens is 3. The van der Waals surface area contributed by atoms with E-state index in [-0.39, 0.29) is 11.8 Å². The number of rotatable bonds is 5. The molecule has 0 bridgehead atoms. The molecule has 0 aliphatic heterocycles. The molecule has 1 amide bonds. The highest BCUT2D eigenvalue weighted by molar-refractivity contribution is 7.98. The summed E-state index contributed by atoms with van der Waals surface area (Å²) < 4.78 is 37.5. The molecule has 21 heavy (non-hydrogen) atoms. The van der Waals surface area contributed by atoms with E-state index >= 15 is 0 Å². The second-order valence-corrected chi connectivity index (χ2v) is 6.15. The summed E-state index contributed by atoms with van der Waals surface area (Å²) in [6, 6.07) is 4.86. The molecule has 1 aliphatic rings. The SMILES string of the molecule is CSCCNC(=O)C1(N)CC1c1ccc(C(F)(F)F)cc1. The van der Waals surface area contributed by atoms with Gasteiger partial charge in [-0.3, -0.25) is 4.79 Å². The summed E-state index contributed by atoms with van der Waals surface area (Å²) in [4.78, 5) is 12.0. The summed E-state index contributed by atoms with van der Waals surface area (Å²) in [5.41, 5.74) is 5.02. The standard InChI is InChI=1S/C14H17F3N2OS/c1-21-7-6-19-12(20)13(18)8-11(13)9-2-4-10(5-3-9)14(15,16)17/h2-5,11H,6-8,18H2,1H3,(H,19,20). The van der Waals surface area contributed by atoms with Crippen LogP contribution in [0.2, 0.25) is 0 Å². The van der Waals surface area contributed by atoms with Gasteiger partial charge in [0.1, 0.15) is 5.54 Å². The molecule has 0 saturated heterocycles. The van der Waals surface area contributed by atoms with Crippen molar-refractivity contribution in [2.75, 3.05) is 18.6 Å².